The Morgan fingerprint density at radius 1 is 1.31 bits per heavy atom. The van der Waals surface area contributed by atoms with Crippen molar-refractivity contribution in [3.05, 3.63) is 35.9 Å². The van der Waals surface area contributed by atoms with Gasteiger partial charge in [-0.25, -0.2) is 4.39 Å². The molecule has 13 heavy (non-hydrogen) atoms. The Labute approximate surface area is 86.0 Å². The summed E-state index contributed by atoms with van der Waals surface area (Å²) in [6, 6.07) is 9.74. The van der Waals surface area contributed by atoms with E-state index in [2.05, 4.69) is 15.9 Å². The second kappa shape index (κ2) is 6.11. The van der Waals surface area contributed by atoms with Gasteiger partial charge >= 0.3 is 0 Å². The molecule has 0 heterocycles. The van der Waals surface area contributed by atoms with Crippen LogP contribution in [0, 0.1) is 0 Å². The summed E-state index contributed by atoms with van der Waals surface area (Å²) in [5, 5.41) is 0.335. The van der Waals surface area contributed by atoms with E-state index in [0.717, 1.165) is 5.56 Å². The fourth-order valence-corrected chi connectivity index (χ4v) is 1.11. The molecule has 3 heteroatoms. The number of benzene rings is 1. The van der Waals surface area contributed by atoms with Crippen molar-refractivity contribution >= 4 is 15.9 Å². The van der Waals surface area contributed by atoms with Crippen LogP contribution in [0.3, 0.4) is 0 Å². The molecule has 1 rings (SSSR count). The van der Waals surface area contributed by atoms with Gasteiger partial charge in [0.2, 0.25) is 0 Å². The first-order valence-electron chi connectivity index (χ1n) is 4.14. The normalized spacial score (nSPS) is 12.8. The zero-order valence-corrected chi connectivity index (χ0v) is 8.84. The van der Waals surface area contributed by atoms with Gasteiger partial charge in [0.25, 0.3) is 0 Å². The molecule has 0 radical (unpaired) electrons. The third-order valence-corrected chi connectivity index (χ3v) is 2.28. The summed E-state index contributed by atoms with van der Waals surface area (Å²) in [6.07, 6.45) is -0.913. The smallest absolute Gasteiger partial charge is 0.133 e. The Hall–Kier alpha value is -0.410. The molecule has 72 valence electrons. The van der Waals surface area contributed by atoms with Crippen LogP contribution in [0.1, 0.15) is 5.56 Å². The molecule has 0 bridgehead atoms. The Balaban J connectivity index is 2.20. The lowest BCUT2D eigenvalue weighted by Crippen LogP contribution is -2.11. The molecule has 0 saturated heterocycles. The van der Waals surface area contributed by atoms with Crippen LogP contribution in [0.25, 0.3) is 0 Å². The van der Waals surface area contributed by atoms with Crippen molar-refractivity contribution in [2.24, 2.45) is 0 Å². The van der Waals surface area contributed by atoms with Gasteiger partial charge in [0.1, 0.15) is 6.17 Å². The van der Waals surface area contributed by atoms with Gasteiger partial charge in [-0.1, -0.05) is 46.3 Å². The van der Waals surface area contributed by atoms with Crippen molar-refractivity contribution in [3.63, 3.8) is 0 Å². The predicted molar refractivity (Wildman–Crippen MR) is 54.8 cm³/mol. The van der Waals surface area contributed by atoms with Gasteiger partial charge in [-0.3, -0.25) is 0 Å². The summed E-state index contributed by atoms with van der Waals surface area (Å²) >= 11 is 3.05. The second-order valence-electron chi connectivity index (χ2n) is 2.75. The molecule has 1 nitrogen and oxygen atoms in total. The highest BCUT2D eigenvalue weighted by atomic mass is 79.9. The van der Waals surface area contributed by atoms with E-state index in [4.69, 9.17) is 4.74 Å². The topological polar surface area (TPSA) is 9.23 Å². The largest absolute Gasteiger partial charge is 0.374 e. The first-order valence-corrected chi connectivity index (χ1v) is 5.27. The van der Waals surface area contributed by atoms with E-state index in [-0.39, 0.29) is 6.61 Å². The quantitative estimate of drug-likeness (QED) is 0.727. The number of halogens is 2. The molecule has 1 atom stereocenters. The summed E-state index contributed by atoms with van der Waals surface area (Å²) in [7, 11) is 0. The predicted octanol–water partition coefficient (Wildman–Crippen LogP) is 2.94. The van der Waals surface area contributed by atoms with Gasteiger partial charge in [0, 0.05) is 5.33 Å². The van der Waals surface area contributed by atoms with E-state index >= 15 is 0 Å². The van der Waals surface area contributed by atoms with E-state index in [0.29, 0.717) is 11.9 Å². The highest BCUT2D eigenvalue weighted by Gasteiger charge is 2.03. The van der Waals surface area contributed by atoms with Crippen molar-refractivity contribution in [3.8, 4) is 0 Å². The number of rotatable bonds is 5. The van der Waals surface area contributed by atoms with Crippen LogP contribution in [0.2, 0.25) is 0 Å². The summed E-state index contributed by atoms with van der Waals surface area (Å²) in [5.74, 6) is 0. The van der Waals surface area contributed by atoms with E-state index in [1.54, 1.807) is 0 Å². The van der Waals surface area contributed by atoms with Gasteiger partial charge < -0.3 is 4.74 Å². The zero-order valence-electron chi connectivity index (χ0n) is 7.25. The van der Waals surface area contributed by atoms with Crippen molar-refractivity contribution < 1.29 is 9.13 Å². The molecule has 0 amide bonds. The Kier molecular flexibility index (Phi) is 5.01. The zero-order chi connectivity index (χ0) is 9.52. The number of hydrogen-bond acceptors (Lipinski definition) is 1. The third kappa shape index (κ3) is 4.39. The Morgan fingerprint density at radius 3 is 2.62 bits per heavy atom. The van der Waals surface area contributed by atoms with Crippen molar-refractivity contribution in [2.75, 3.05) is 11.9 Å². The van der Waals surface area contributed by atoms with Crippen molar-refractivity contribution in [2.45, 2.75) is 12.8 Å². The summed E-state index contributed by atoms with van der Waals surface area (Å²) < 4.78 is 17.8. The van der Waals surface area contributed by atoms with Crippen LogP contribution in [0.15, 0.2) is 30.3 Å². The fraction of sp³-hybridized carbons (Fsp3) is 0.400. The average molecular weight is 247 g/mol. The number of alkyl halides is 2. The lowest BCUT2D eigenvalue weighted by molar-refractivity contribution is 0.0782. The monoisotopic (exact) mass is 246 g/mol. The lowest BCUT2D eigenvalue weighted by atomic mass is 10.2. The minimum atomic E-state index is -0.913. The molecule has 0 spiro atoms. The van der Waals surface area contributed by atoms with Gasteiger partial charge in [-0.05, 0) is 5.56 Å². The van der Waals surface area contributed by atoms with Crippen LogP contribution in [0.4, 0.5) is 4.39 Å². The van der Waals surface area contributed by atoms with Gasteiger partial charge in [0.15, 0.2) is 0 Å². The molecule has 0 fully saturated rings. The van der Waals surface area contributed by atoms with Gasteiger partial charge in [-0.15, -0.1) is 0 Å². The van der Waals surface area contributed by atoms with Crippen LogP contribution in [0.5, 0.6) is 0 Å². The summed E-state index contributed by atoms with van der Waals surface area (Å²) in [6.45, 7) is 0.633. The first-order chi connectivity index (χ1) is 6.33. The van der Waals surface area contributed by atoms with Crippen LogP contribution >= 0.6 is 15.9 Å². The highest BCUT2D eigenvalue weighted by Crippen LogP contribution is 2.03. The molecule has 0 aromatic heterocycles. The van der Waals surface area contributed by atoms with Crippen molar-refractivity contribution in [1.29, 1.82) is 0 Å². The van der Waals surface area contributed by atoms with Crippen molar-refractivity contribution in [1.82, 2.24) is 0 Å². The highest BCUT2D eigenvalue weighted by molar-refractivity contribution is 9.09. The Morgan fingerprint density at radius 2 is 2.00 bits per heavy atom. The first kappa shape index (κ1) is 10.7. The SMILES string of the molecule is FC(CBr)COCc1ccccc1. The van der Waals surface area contributed by atoms with E-state index in [1.807, 2.05) is 30.3 Å². The molecular weight excluding hydrogens is 235 g/mol. The molecule has 0 aliphatic carbocycles. The van der Waals surface area contributed by atoms with Crippen LogP contribution in [-0.4, -0.2) is 18.1 Å². The van der Waals surface area contributed by atoms with E-state index < -0.39 is 6.17 Å². The maximum Gasteiger partial charge on any atom is 0.133 e. The fourth-order valence-electron chi connectivity index (χ4n) is 0.923. The number of hydrogen-bond donors (Lipinski definition) is 0. The number of ether oxygens (including phenoxy) is 1. The van der Waals surface area contributed by atoms with E-state index in [1.165, 1.54) is 0 Å². The molecule has 1 unspecified atom stereocenters. The van der Waals surface area contributed by atoms with Gasteiger partial charge in [-0.2, -0.15) is 0 Å². The maximum absolute atomic E-state index is 12.7. The van der Waals surface area contributed by atoms with Gasteiger partial charge in [0.05, 0.1) is 13.2 Å². The molecule has 0 aliphatic heterocycles. The molecule has 0 saturated carbocycles. The molecule has 0 aliphatic rings. The van der Waals surface area contributed by atoms with Crippen LogP contribution < -0.4 is 0 Å². The van der Waals surface area contributed by atoms with E-state index in [9.17, 15) is 4.39 Å². The van der Waals surface area contributed by atoms with Crippen LogP contribution in [-0.2, 0) is 11.3 Å². The minimum absolute atomic E-state index is 0.153. The molecule has 0 N–H and O–H groups in total. The minimum Gasteiger partial charge on any atom is -0.374 e. The second-order valence-corrected chi connectivity index (χ2v) is 3.40. The maximum atomic E-state index is 12.7. The summed E-state index contributed by atoms with van der Waals surface area (Å²) in [5.41, 5.74) is 1.07. The standard InChI is InChI=1S/C10H12BrFO/c11-6-10(12)8-13-7-9-4-2-1-3-5-9/h1-5,10H,6-8H2. The lowest BCUT2D eigenvalue weighted by Gasteiger charge is -2.05. The Bertz CT molecular complexity index is 228. The average Bonchev–Trinajstić information content (AvgIpc) is 2.19. The third-order valence-electron chi connectivity index (χ3n) is 1.58. The molecule has 1 aromatic rings. The molecule has 1 aromatic carbocycles. The summed E-state index contributed by atoms with van der Waals surface area (Å²) in [4.78, 5) is 0. The molecular formula is C10H12BrFO.